The fourth-order valence-electron chi connectivity index (χ4n) is 9.13. The summed E-state index contributed by atoms with van der Waals surface area (Å²) in [4.78, 5) is 5.12. The molecule has 0 radical (unpaired) electrons. The predicted octanol–water partition coefficient (Wildman–Crippen LogP) is 14.2. The summed E-state index contributed by atoms with van der Waals surface area (Å²) in [5.74, 6) is 0. The van der Waals surface area contributed by atoms with Crippen LogP contribution in [0.4, 0.5) is 0 Å². The van der Waals surface area contributed by atoms with Crippen molar-refractivity contribution in [1.29, 1.82) is 0 Å². The number of hydrogen-bond donors (Lipinski definition) is 0. The van der Waals surface area contributed by atoms with Crippen molar-refractivity contribution in [1.82, 2.24) is 18.5 Å². The van der Waals surface area contributed by atoms with Crippen LogP contribution >= 0.6 is 0 Å². The molecule has 0 N–H and O–H groups in total. The van der Waals surface area contributed by atoms with Crippen LogP contribution in [-0.2, 0) is 0 Å². The summed E-state index contributed by atoms with van der Waals surface area (Å²) in [6.45, 7) is 0. The van der Waals surface area contributed by atoms with E-state index < -0.39 is 0 Å². The Bertz CT molecular complexity index is 3520. The highest BCUT2D eigenvalue weighted by atomic mass is 15.0. The van der Waals surface area contributed by atoms with Crippen molar-refractivity contribution in [2.24, 2.45) is 0 Å². The third-order valence-corrected chi connectivity index (χ3v) is 11.9. The van der Waals surface area contributed by atoms with E-state index in [2.05, 4.69) is 226 Å². The van der Waals surface area contributed by atoms with E-state index in [1.165, 1.54) is 60.4 Å². The lowest BCUT2D eigenvalue weighted by Crippen LogP contribution is -1.94. The van der Waals surface area contributed by atoms with Gasteiger partial charge in [0.1, 0.15) is 5.65 Å². The van der Waals surface area contributed by atoms with Gasteiger partial charge in [-0.25, -0.2) is 4.98 Å². The van der Waals surface area contributed by atoms with E-state index >= 15 is 0 Å². The number of rotatable bonds is 6. The molecule has 0 saturated heterocycles. The minimum atomic E-state index is 0.923. The zero-order valence-electron chi connectivity index (χ0n) is 32.1. The van der Waals surface area contributed by atoms with Gasteiger partial charge >= 0.3 is 0 Å². The molecule has 8 aromatic carbocycles. The van der Waals surface area contributed by atoms with E-state index in [0.29, 0.717) is 0 Å². The Morgan fingerprint density at radius 2 is 0.763 bits per heavy atom. The maximum absolute atomic E-state index is 5.12. The average Bonchev–Trinajstić information content (AvgIpc) is 3.97. The van der Waals surface area contributed by atoms with Gasteiger partial charge in [-0.1, -0.05) is 140 Å². The Kier molecular flexibility index (Phi) is 7.50. The van der Waals surface area contributed by atoms with Gasteiger partial charge in [0.05, 0.1) is 33.5 Å². The van der Waals surface area contributed by atoms with Gasteiger partial charge in [-0.15, -0.1) is 0 Å². The van der Waals surface area contributed by atoms with Crippen molar-refractivity contribution in [2.45, 2.75) is 0 Å². The Morgan fingerprint density at radius 3 is 1.36 bits per heavy atom. The third kappa shape index (κ3) is 5.34. The highest BCUT2D eigenvalue weighted by Crippen LogP contribution is 2.39. The monoisotopic (exact) mass is 752 g/mol. The molecule has 4 heteroatoms. The molecule has 4 heterocycles. The number of nitrogens with zero attached hydrogens (tertiary/aromatic N) is 4. The van der Waals surface area contributed by atoms with Crippen LogP contribution in [0.5, 0.6) is 0 Å². The first kappa shape index (κ1) is 33.2. The molecule has 12 rings (SSSR count). The number of hydrogen-bond acceptors (Lipinski definition) is 1. The van der Waals surface area contributed by atoms with Crippen molar-refractivity contribution in [3.63, 3.8) is 0 Å². The molecule has 4 aromatic heterocycles. The highest BCUT2D eigenvalue weighted by molar-refractivity contribution is 6.12. The molecule has 0 fully saturated rings. The molecular weight excluding hydrogens is 717 g/mol. The fourth-order valence-corrected chi connectivity index (χ4v) is 9.13. The number of para-hydroxylation sites is 3. The Labute approximate surface area is 341 Å². The second-order valence-electron chi connectivity index (χ2n) is 15.2. The second kappa shape index (κ2) is 13.3. The van der Waals surface area contributed by atoms with Gasteiger partial charge in [0.2, 0.25) is 0 Å². The van der Waals surface area contributed by atoms with Gasteiger partial charge in [0.15, 0.2) is 0 Å². The van der Waals surface area contributed by atoms with Gasteiger partial charge in [0, 0.05) is 50.2 Å². The quantitative estimate of drug-likeness (QED) is 0.166. The van der Waals surface area contributed by atoms with E-state index in [1.807, 2.05) is 6.07 Å². The van der Waals surface area contributed by atoms with Gasteiger partial charge in [0.25, 0.3) is 0 Å². The molecule has 0 bridgehead atoms. The number of benzene rings is 8. The minimum Gasteiger partial charge on any atom is -0.309 e. The topological polar surface area (TPSA) is 27.2 Å². The second-order valence-corrected chi connectivity index (χ2v) is 15.2. The molecule has 59 heavy (non-hydrogen) atoms. The lowest BCUT2D eigenvalue weighted by atomic mass is 10.0. The van der Waals surface area contributed by atoms with Crippen LogP contribution < -0.4 is 0 Å². The standard InChI is InChI=1S/C55H36N4/c1-4-14-38(15-5-1)54-55(39-16-6-2-7-17-39)57-36-42(28-33-53(57)56-54)37-24-29-44(30-25-37)59-50-23-13-11-21-46(50)48-35-41(27-32-52(48)59)40-26-31-51-47(34-40)45-20-10-12-22-49(45)58(51)43-18-8-3-9-19-43/h1-36H. The predicted molar refractivity (Wildman–Crippen MR) is 246 cm³/mol. The first-order valence-electron chi connectivity index (χ1n) is 20.1. The molecule has 0 saturated carbocycles. The van der Waals surface area contributed by atoms with Crippen LogP contribution in [0.1, 0.15) is 0 Å². The average molecular weight is 753 g/mol. The molecule has 0 aliphatic rings. The van der Waals surface area contributed by atoms with Gasteiger partial charge in [-0.3, -0.25) is 4.40 Å². The number of imidazole rings is 1. The van der Waals surface area contributed by atoms with Crippen LogP contribution in [0, 0.1) is 0 Å². The Morgan fingerprint density at radius 1 is 0.305 bits per heavy atom. The summed E-state index contributed by atoms with van der Waals surface area (Å²) in [5.41, 5.74) is 17.0. The molecule has 0 atom stereocenters. The lowest BCUT2D eigenvalue weighted by Gasteiger charge is -2.11. The summed E-state index contributed by atoms with van der Waals surface area (Å²) < 4.78 is 7.01. The molecule has 0 spiro atoms. The van der Waals surface area contributed by atoms with E-state index in [1.54, 1.807) is 0 Å². The van der Waals surface area contributed by atoms with Gasteiger partial charge < -0.3 is 9.13 Å². The van der Waals surface area contributed by atoms with Crippen LogP contribution in [-0.4, -0.2) is 18.5 Å². The van der Waals surface area contributed by atoms with Crippen LogP contribution in [0.2, 0.25) is 0 Å². The summed E-state index contributed by atoms with van der Waals surface area (Å²) in [6.07, 6.45) is 2.23. The lowest BCUT2D eigenvalue weighted by molar-refractivity contribution is 1.18. The molecule has 0 unspecified atom stereocenters. The molecule has 0 aliphatic heterocycles. The molecule has 12 aromatic rings. The number of aromatic nitrogens is 4. The van der Waals surface area contributed by atoms with Crippen LogP contribution in [0.25, 0.3) is 105 Å². The van der Waals surface area contributed by atoms with Crippen molar-refractivity contribution >= 4 is 49.3 Å². The maximum Gasteiger partial charge on any atom is 0.137 e. The fraction of sp³-hybridized carbons (Fsp3) is 0. The van der Waals surface area contributed by atoms with Crippen molar-refractivity contribution in [2.75, 3.05) is 0 Å². The Balaban J connectivity index is 0.944. The van der Waals surface area contributed by atoms with Crippen molar-refractivity contribution in [3.8, 4) is 56.1 Å². The SMILES string of the molecule is c1ccc(-c2nc3ccc(-c4ccc(-n5c6ccccc6c6cc(-c7ccc8c(c7)c7ccccc7n8-c7ccccc7)ccc65)cc4)cn3c2-c2ccccc2)cc1. The van der Waals surface area contributed by atoms with E-state index in [-0.39, 0.29) is 0 Å². The van der Waals surface area contributed by atoms with Crippen molar-refractivity contribution < 1.29 is 0 Å². The summed E-state index contributed by atoms with van der Waals surface area (Å²) in [6, 6.07) is 76.3. The zero-order valence-corrected chi connectivity index (χ0v) is 32.1. The summed E-state index contributed by atoms with van der Waals surface area (Å²) >= 11 is 0. The highest BCUT2D eigenvalue weighted by Gasteiger charge is 2.18. The van der Waals surface area contributed by atoms with Gasteiger partial charge in [-0.05, 0) is 95.1 Å². The van der Waals surface area contributed by atoms with Crippen LogP contribution in [0.15, 0.2) is 219 Å². The summed E-state index contributed by atoms with van der Waals surface area (Å²) in [5, 5.41) is 4.99. The van der Waals surface area contributed by atoms with Gasteiger partial charge in [-0.2, -0.15) is 0 Å². The molecular formula is C55H36N4. The van der Waals surface area contributed by atoms with E-state index in [4.69, 9.17) is 4.98 Å². The van der Waals surface area contributed by atoms with Crippen molar-refractivity contribution in [3.05, 3.63) is 219 Å². The molecule has 0 amide bonds. The third-order valence-electron chi connectivity index (χ3n) is 11.9. The molecule has 276 valence electrons. The Hall–Kier alpha value is -7.95. The number of fused-ring (bicyclic) bond motifs is 7. The maximum atomic E-state index is 5.12. The largest absolute Gasteiger partial charge is 0.309 e. The normalized spacial score (nSPS) is 11.7. The first-order chi connectivity index (χ1) is 29.3. The summed E-state index contributed by atoms with van der Waals surface area (Å²) in [7, 11) is 0. The molecule has 0 aliphatic carbocycles. The number of pyridine rings is 1. The van der Waals surface area contributed by atoms with Crippen LogP contribution in [0.3, 0.4) is 0 Å². The molecule has 4 nitrogen and oxygen atoms in total. The van der Waals surface area contributed by atoms with E-state index in [9.17, 15) is 0 Å². The first-order valence-corrected chi connectivity index (χ1v) is 20.1. The zero-order chi connectivity index (χ0) is 38.9. The van der Waals surface area contributed by atoms with E-state index in [0.717, 1.165) is 45.0 Å². The smallest absolute Gasteiger partial charge is 0.137 e. The minimum absolute atomic E-state index is 0.923.